The fourth-order valence-corrected chi connectivity index (χ4v) is 2.17. The standard InChI is InChI=1S/C13H14F3N3O3/c14-13(15,16)6-8-1-2-10(22-8)12(21)19-7-3-4-18-9(5-7)11(17)20/h3-5,8,10H,1-2,6H2,(H2,17,20)(H,18,19,21). The maximum absolute atomic E-state index is 12.3. The fraction of sp³-hybridized carbons (Fsp3) is 0.462. The van der Waals surface area contributed by atoms with Crippen molar-refractivity contribution in [3.05, 3.63) is 24.0 Å². The van der Waals surface area contributed by atoms with E-state index in [2.05, 4.69) is 10.3 Å². The zero-order valence-electron chi connectivity index (χ0n) is 11.4. The van der Waals surface area contributed by atoms with E-state index >= 15 is 0 Å². The summed E-state index contributed by atoms with van der Waals surface area (Å²) in [6, 6.07) is 2.72. The molecule has 1 aromatic heterocycles. The highest BCUT2D eigenvalue weighted by molar-refractivity contribution is 5.96. The molecule has 0 radical (unpaired) electrons. The van der Waals surface area contributed by atoms with Crippen LogP contribution in [-0.2, 0) is 9.53 Å². The molecule has 1 saturated heterocycles. The quantitative estimate of drug-likeness (QED) is 0.882. The summed E-state index contributed by atoms with van der Waals surface area (Å²) in [5.41, 5.74) is 5.31. The SMILES string of the molecule is NC(=O)c1cc(NC(=O)C2CCC(CC(F)(F)F)O2)ccn1. The number of primary amides is 1. The second-order valence-corrected chi connectivity index (χ2v) is 4.93. The molecule has 2 heterocycles. The molecule has 1 fully saturated rings. The van der Waals surface area contributed by atoms with Crippen LogP contribution < -0.4 is 11.1 Å². The highest BCUT2D eigenvalue weighted by Gasteiger charge is 2.38. The molecule has 1 aromatic rings. The number of carbonyl (C=O) groups is 2. The molecule has 2 rings (SSSR count). The third-order valence-electron chi connectivity index (χ3n) is 3.14. The predicted molar refractivity (Wildman–Crippen MR) is 70.0 cm³/mol. The number of amides is 2. The van der Waals surface area contributed by atoms with Crippen LogP contribution in [0, 0.1) is 0 Å². The zero-order chi connectivity index (χ0) is 16.3. The molecule has 6 nitrogen and oxygen atoms in total. The molecular formula is C13H14F3N3O3. The average Bonchev–Trinajstić information content (AvgIpc) is 2.85. The number of nitrogens with two attached hydrogens (primary N) is 1. The molecule has 9 heteroatoms. The number of nitrogens with one attached hydrogen (secondary N) is 1. The Morgan fingerprint density at radius 1 is 1.41 bits per heavy atom. The van der Waals surface area contributed by atoms with E-state index in [-0.39, 0.29) is 24.2 Å². The minimum absolute atomic E-state index is 0.0277. The first-order valence-corrected chi connectivity index (χ1v) is 6.53. The van der Waals surface area contributed by atoms with Gasteiger partial charge in [-0.05, 0) is 25.0 Å². The number of hydrogen-bond donors (Lipinski definition) is 2. The van der Waals surface area contributed by atoms with Crippen LogP contribution in [0.25, 0.3) is 0 Å². The van der Waals surface area contributed by atoms with Crippen LogP contribution in [0.1, 0.15) is 29.8 Å². The Morgan fingerprint density at radius 2 is 2.14 bits per heavy atom. The first-order chi connectivity index (χ1) is 10.2. The number of halogens is 3. The first-order valence-electron chi connectivity index (χ1n) is 6.53. The van der Waals surface area contributed by atoms with Crippen LogP contribution in [0.4, 0.5) is 18.9 Å². The van der Waals surface area contributed by atoms with Crippen LogP contribution in [0.3, 0.4) is 0 Å². The van der Waals surface area contributed by atoms with Crippen LogP contribution >= 0.6 is 0 Å². The van der Waals surface area contributed by atoms with E-state index < -0.39 is 36.6 Å². The van der Waals surface area contributed by atoms with Gasteiger partial charge in [-0.25, -0.2) is 0 Å². The summed E-state index contributed by atoms with van der Waals surface area (Å²) in [4.78, 5) is 26.7. The molecule has 1 aliphatic rings. The molecule has 1 aliphatic heterocycles. The van der Waals surface area contributed by atoms with Gasteiger partial charge < -0.3 is 15.8 Å². The third kappa shape index (κ3) is 4.42. The summed E-state index contributed by atoms with van der Waals surface area (Å²) in [5, 5.41) is 2.47. The number of aromatic nitrogens is 1. The Balaban J connectivity index is 1.93. The summed E-state index contributed by atoms with van der Waals surface area (Å²) in [6.07, 6.45) is -5.68. The summed E-state index contributed by atoms with van der Waals surface area (Å²) in [6.45, 7) is 0. The molecule has 2 amide bonds. The lowest BCUT2D eigenvalue weighted by Crippen LogP contribution is -2.29. The lowest BCUT2D eigenvalue weighted by atomic mass is 10.1. The van der Waals surface area contributed by atoms with Crippen LogP contribution in [0.15, 0.2) is 18.3 Å². The van der Waals surface area contributed by atoms with Crippen LogP contribution in [0.2, 0.25) is 0 Å². The number of alkyl halides is 3. The summed E-state index contributed by atoms with van der Waals surface area (Å²) in [5.74, 6) is -1.32. The molecule has 120 valence electrons. The van der Waals surface area contributed by atoms with Crippen molar-refractivity contribution in [2.45, 2.75) is 37.6 Å². The van der Waals surface area contributed by atoms with Crippen LogP contribution in [0.5, 0.6) is 0 Å². The lowest BCUT2D eigenvalue weighted by molar-refractivity contribution is -0.161. The van der Waals surface area contributed by atoms with Crippen molar-refractivity contribution < 1.29 is 27.5 Å². The number of hydrogen-bond acceptors (Lipinski definition) is 4. The highest BCUT2D eigenvalue weighted by atomic mass is 19.4. The largest absolute Gasteiger partial charge is 0.391 e. The molecule has 0 bridgehead atoms. The molecule has 0 aliphatic carbocycles. The second kappa shape index (κ2) is 6.30. The summed E-state index contributed by atoms with van der Waals surface area (Å²) < 4.78 is 41.9. The normalized spacial score (nSPS) is 21.6. The molecule has 0 spiro atoms. The van der Waals surface area contributed by atoms with Gasteiger partial charge in [-0.2, -0.15) is 13.2 Å². The maximum Gasteiger partial charge on any atom is 0.391 e. The van der Waals surface area contributed by atoms with E-state index in [4.69, 9.17) is 10.5 Å². The van der Waals surface area contributed by atoms with Gasteiger partial charge in [0.15, 0.2) is 0 Å². The van der Waals surface area contributed by atoms with Crippen molar-refractivity contribution in [3.63, 3.8) is 0 Å². The van der Waals surface area contributed by atoms with E-state index in [9.17, 15) is 22.8 Å². The Bertz CT molecular complexity index is 577. The van der Waals surface area contributed by atoms with Gasteiger partial charge >= 0.3 is 6.18 Å². The van der Waals surface area contributed by atoms with Crippen molar-refractivity contribution in [1.29, 1.82) is 0 Å². The summed E-state index contributed by atoms with van der Waals surface area (Å²) in [7, 11) is 0. The van der Waals surface area contributed by atoms with Gasteiger partial charge in [0, 0.05) is 11.9 Å². The van der Waals surface area contributed by atoms with Crippen molar-refractivity contribution in [2.75, 3.05) is 5.32 Å². The minimum atomic E-state index is -4.32. The third-order valence-corrected chi connectivity index (χ3v) is 3.14. The number of rotatable bonds is 4. The fourth-order valence-electron chi connectivity index (χ4n) is 2.17. The van der Waals surface area contributed by atoms with Gasteiger partial charge in [0.1, 0.15) is 11.8 Å². The maximum atomic E-state index is 12.3. The molecule has 2 atom stereocenters. The number of anilines is 1. The lowest BCUT2D eigenvalue weighted by Gasteiger charge is -2.15. The highest BCUT2D eigenvalue weighted by Crippen LogP contribution is 2.30. The second-order valence-electron chi connectivity index (χ2n) is 4.93. The van der Waals surface area contributed by atoms with E-state index in [0.29, 0.717) is 0 Å². The monoisotopic (exact) mass is 317 g/mol. The molecule has 0 aromatic carbocycles. The molecule has 22 heavy (non-hydrogen) atoms. The number of ether oxygens (including phenoxy) is 1. The van der Waals surface area contributed by atoms with Crippen molar-refractivity contribution in [2.24, 2.45) is 5.73 Å². The number of pyridine rings is 1. The molecular weight excluding hydrogens is 303 g/mol. The number of carbonyl (C=O) groups excluding carboxylic acids is 2. The number of nitrogens with zero attached hydrogens (tertiary/aromatic N) is 1. The first kappa shape index (κ1) is 16.2. The molecule has 2 unspecified atom stereocenters. The predicted octanol–water partition coefficient (Wildman–Crippen LogP) is 1.62. The van der Waals surface area contributed by atoms with E-state index in [0.717, 1.165) is 0 Å². The topological polar surface area (TPSA) is 94.3 Å². The van der Waals surface area contributed by atoms with Gasteiger partial charge in [0.05, 0.1) is 12.5 Å². The van der Waals surface area contributed by atoms with Gasteiger partial charge in [-0.1, -0.05) is 0 Å². The van der Waals surface area contributed by atoms with E-state index in [1.165, 1.54) is 18.3 Å². The van der Waals surface area contributed by atoms with Gasteiger partial charge in [0.2, 0.25) is 0 Å². The molecule has 0 saturated carbocycles. The van der Waals surface area contributed by atoms with Crippen LogP contribution in [-0.4, -0.2) is 35.2 Å². The average molecular weight is 317 g/mol. The van der Waals surface area contributed by atoms with Crippen molar-refractivity contribution >= 4 is 17.5 Å². The smallest absolute Gasteiger partial charge is 0.365 e. The van der Waals surface area contributed by atoms with Crippen molar-refractivity contribution in [1.82, 2.24) is 4.98 Å². The van der Waals surface area contributed by atoms with Gasteiger partial charge in [-0.3, -0.25) is 14.6 Å². The minimum Gasteiger partial charge on any atom is -0.365 e. The van der Waals surface area contributed by atoms with E-state index in [1.807, 2.05) is 0 Å². The zero-order valence-corrected chi connectivity index (χ0v) is 11.4. The Hall–Kier alpha value is -2.16. The van der Waals surface area contributed by atoms with Gasteiger partial charge in [-0.15, -0.1) is 0 Å². The van der Waals surface area contributed by atoms with Crippen molar-refractivity contribution in [3.8, 4) is 0 Å². The Morgan fingerprint density at radius 3 is 2.77 bits per heavy atom. The summed E-state index contributed by atoms with van der Waals surface area (Å²) >= 11 is 0. The molecule has 3 N–H and O–H groups in total. The Kier molecular flexibility index (Phi) is 4.65. The van der Waals surface area contributed by atoms with E-state index in [1.54, 1.807) is 0 Å². The Labute approximate surface area is 123 Å². The van der Waals surface area contributed by atoms with Gasteiger partial charge in [0.25, 0.3) is 11.8 Å².